The lowest BCUT2D eigenvalue weighted by atomic mass is 10.0. The number of nitrogens with zero attached hydrogens (tertiary/aromatic N) is 2. The summed E-state index contributed by atoms with van der Waals surface area (Å²) in [5.74, 6) is 1.64. The highest BCUT2D eigenvalue weighted by molar-refractivity contribution is 7.15. The van der Waals surface area contributed by atoms with Gasteiger partial charge in [0.2, 0.25) is 5.13 Å². The topological polar surface area (TPSA) is 56.3 Å². The highest BCUT2D eigenvalue weighted by Gasteiger charge is 2.32. The summed E-state index contributed by atoms with van der Waals surface area (Å²) < 4.78 is 11.9. The van der Waals surface area contributed by atoms with Crippen LogP contribution in [0.5, 0.6) is 11.5 Å². The van der Waals surface area contributed by atoms with Crippen LogP contribution in [-0.2, 0) is 13.0 Å². The van der Waals surface area contributed by atoms with E-state index in [2.05, 4.69) is 35.4 Å². The summed E-state index contributed by atoms with van der Waals surface area (Å²) in [6.07, 6.45) is 0.906. The van der Waals surface area contributed by atoms with Crippen LogP contribution in [0.2, 0.25) is 0 Å². The summed E-state index contributed by atoms with van der Waals surface area (Å²) in [5, 5.41) is 13.0. The SMILES string of the molecule is CCNc1nnc(COc2cccc3c2OC(C)(C)C3)s1. The Morgan fingerprint density at radius 3 is 3.05 bits per heavy atom. The van der Waals surface area contributed by atoms with E-state index in [1.165, 1.54) is 16.9 Å². The molecule has 0 aliphatic carbocycles. The van der Waals surface area contributed by atoms with Crippen molar-refractivity contribution in [1.29, 1.82) is 0 Å². The van der Waals surface area contributed by atoms with Gasteiger partial charge < -0.3 is 14.8 Å². The Morgan fingerprint density at radius 1 is 1.38 bits per heavy atom. The standard InChI is InChI=1S/C15H19N3O2S/c1-4-16-14-18-17-12(21-14)9-19-11-7-5-6-10-8-15(2,3)20-13(10)11/h5-7H,4,8-9H2,1-3H3,(H,16,18). The van der Waals surface area contributed by atoms with Crippen molar-refractivity contribution >= 4 is 16.5 Å². The monoisotopic (exact) mass is 305 g/mol. The van der Waals surface area contributed by atoms with Crippen LogP contribution < -0.4 is 14.8 Å². The number of aromatic nitrogens is 2. The Hall–Kier alpha value is -1.82. The summed E-state index contributed by atoms with van der Waals surface area (Å²) in [7, 11) is 0. The highest BCUT2D eigenvalue weighted by Crippen LogP contribution is 2.42. The van der Waals surface area contributed by atoms with Crippen LogP contribution in [0.15, 0.2) is 18.2 Å². The minimum absolute atomic E-state index is 0.164. The lowest BCUT2D eigenvalue weighted by Crippen LogP contribution is -2.24. The van der Waals surface area contributed by atoms with Gasteiger partial charge in [-0.2, -0.15) is 0 Å². The molecule has 0 atom stereocenters. The Bertz CT molecular complexity index is 640. The van der Waals surface area contributed by atoms with Gasteiger partial charge in [-0.1, -0.05) is 23.5 Å². The van der Waals surface area contributed by atoms with Gasteiger partial charge in [0, 0.05) is 18.5 Å². The van der Waals surface area contributed by atoms with E-state index >= 15 is 0 Å². The summed E-state index contributed by atoms with van der Waals surface area (Å²) >= 11 is 1.51. The van der Waals surface area contributed by atoms with Gasteiger partial charge in [-0.15, -0.1) is 10.2 Å². The predicted octanol–water partition coefficient (Wildman–Crippen LogP) is 3.26. The smallest absolute Gasteiger partial charge is 0.205 e. The second-order valence-electron chi connectivity index (χ2n) is 5.60. The van der Waals surface area contributed by atoms with E-state index in [0.29, 0.717) is 6.61 Å². The molecule has 0 saturated carbocycles. The number of benzene rings is 1. The van der Waals surface area contributed by atoms with Crippen LogP contribution in [-0.4, -0.2) is 22.3 Å². The van der Waals surface area contributed by atoms with Gasteiger partial charge in [-0.25, -0.2) is 0 Å². The molecule has 1 aromatic heterocycles. The lowest BCUT2D eigenvalue weighted by molar-refractivity contribution is 0.131. The number of para-hydroxylation sites is 1. The minimum Gasteiger partial charge on any atom is -0.483 e. The van der Waals surface area contributed by atoms with Gasteiger partial charge in [0.15, 0.2) is 16.5 Å². The van der Waals surface area contributed by atoms with Crippen LogP contribution >= 0.6 is 11.3 Å². The molecule has 0 bridgehead atoms. The van der Waals surface area contributed by atoms with E-state index in [9.17, 15) is 0 Å². The Balaban J connectivity index is 1.70. The molecule has 1 aromatic carbocycles. The molecule has 1 N–H and O–H groups in total. The number of fused-ring (bicyclic) bond motifs is 1. The Kier molecular flexibility index (Phi) is 3.71. The first-order chi connectivity index (χ1) is 10.1. The number of rotatable bonds is 5. The summed E-state index contributed by atoms with van der Waals surface area (Å²) in [5.41, 5.74) is 1.03. The van der Waals surface area contributed by atoms with Crippen LogP contribution in [0.4, 0.5) is 5.13 Å². The van der Waals surface area contributed by atoms with Gasteiger partial charge >= 0.3 is 0 Å². The molecule has 2 heterocycles. The number of ether oxygens (including phenoxy) is 2. The third-order valence-corrected chi connectivity index (χ3v) is 4.06. The fourth-order valence-corrected chi connectivity index (χ4v) is 3.10. The summed E-state index contributed by atoms with van der Waals surface area (Å²) in [6.45, 7) is 7.45. The average Bonchev–Trinajstić information content (AvgIpc) is 2.99. The number of nitrogens with one attached hydrogen (secondary N) is 1. The zero-order chi connectivity index (χ0) is 14.9. The molecule has 0 fully saturated rings. The van der Waals surface area contributed by atoms with E-state index in [1.54, 1.807) is 0 Å². The minimum atomic E-state index is -0.164. The predicted molar refractivity (Wildman–Crippen MR) is 83.3 cm³/mol. The zero-order valence-electron chi connectivity index (χ0n) is 12.5. The molecule has 0 unspecified atom stereocenters. The maximum Gasteiger partial charge on any atom is 0.205 e. The molecule has 6 heteroatoms. The highest BCUT2D eigenvalue weighted by atomic mass is 32.1. The lowest BCUT2D eigenvalue weighted by Gasteiger charge is -2.18. The quantitative estimate of drug-likeness (QED) is 0.919. The first-order valence-electron chi connectivity index (χ1n) is 7.07. The first-order valence-corrected chi connectivity index (χ1v) is 7.89. The van der Waals surface area contributed by atoms with Crippen molar-refractivity contribution in [3.63, 3.8) is 0 Å². The van der Waals surface area contributed by atoms with Gasteiger partial charge in [-0.05, 0) is 26.8 Å². The second-order valence-corrected chi connectivity index (χ2v) is 6.66. The van der Waals surface area contributed by atoms with Crippen molar-refractivity contribution in [2.24, 2.45) is 0 Å². The number of anilines is 1. The molecule has 1 aliphatic rings. The maximum atomic E-state index is 5.99. The van der Waals surface area contributed by atoms with E-state index in [-0.39, 0.29) is 5.60 Å². The molecule has 5 nitrogen and oxygen atoms in total. The molecule has 2 aromatic rings. The molecule has 0 radical (unpaired) electrons. The number of hydrogen-bond acceptors (Lipinski definition) is 6. The summed E-state index contributed by atoms with van der Waals surface area (Å²) in [4.78, 5) is 0. The van der Waals surface area contributed by atoms with E-state index in [1.807, 2.05) is 19.1 Å². The average molecular weight is 305 g/mol. The molecular weight excluding hydrogens is 286 g/mol. The van der Waals surface area contributed by atoms with Crippen molar-refractivity contribution in [3.8, 4) is 11.5 Å². The van der Waals surface area contributed by atoms with Crippen molar-refractivity contribution < 1.29 is 9.47 Å². The third-order valence-electron chi connectivity index (χ3n) is 3.20. The van der Waals surface area contributed by atoms with Gasteiger partial charge in [0.25, 0.3) is 0 Å². The van der Waals surface area contributed by atoms with Gasteiger partial charge in [0.05, 0.1) is 0 Å². The van der Waals surface area contributed by atoms with Crippen LogP contribution in [0.25, 0.3) is 0 Å². The Labute approximate surface area is 128 Å². The van der Waals surface area contributed by atoms with E-state index < -0.39 is 0 Å². The molecular formula is C15H19N3O2S. The van der Waals surface area contributed by atoms with Crippen molar-refractivity contribution in [2.45, 2.75) is 39.4 Å². The summed E-state index contributed by atoms with van der Waals surface area (Å²) in [6, 6.07) is 6.03. The van der Waals surface area contributed by atoms with Crippen molar-refractivity contribution in [2.75, 3.05) is 11.9 Å². The van der Waals surface area contributed by atoms with Gasteiger partial charge in [0.1, 0.15) is 12.2 Å². The molecule has 112 valence electrons. The van der Waals surface area contributed by atoms with E-state index in [0.717, 1.165) is 34.6 Å². The second kappa shape index (κ2) is 5.52. The molecule has 0 saturated heterocycles. The number of hydrogen-bond donors (Lipinski definition) is 1. The van der Waals surface area contributed by atoms with Gasteiger partial charge in [-0.3, -0.25) is 0 Å². The van der Waals surface area contributed by atoms with E-state index in [4.69, 9.17) is 9.47 Å². The van der Waals surface area contributed by atoms with Crippen LogP contribution in [0.3, 0.4) is 0 Å². The largest absolute Gasteiger partial charge is 0.483 e. The fourth-order valence-electron chi connectivity index (χ4n) is 2.38. The zero-order valence-corrected chi connectivity index (χ0v) is 13.3. The molecule has 0 amide bonds. The normalized spacial score (nSPS) is 15.4. The van der Waals surface area contributed by atoms with Crippen LogP contribution in [0.1, 0.15) is 31.3 Å². The van der Waals surface area contributed by atoms with Crippen molar-refractivity contribution in [1.82, 2.24) is 10.2 Å². The Morgan fingerprint density at radius 2 is 2.24 bits per heavy atom. The molecule has 21 heavy (non-hydrogen) atoms. The molecule has 0 spiro atoms. The first kappa shape index (κ1) is 14.1. The molecule has 3 rings (SSSR count). The third kappa shape index (κ3) is 3.10. The molecule has 1 aliphatic heterocycles. The maximum absolute atomic E-state index is 5.99. The van der Waals surface area contributed by atoms with Crippen molar-refractivity contribution in [3.05, 3.63) is 28.8 Å². The fraction of sp³-hybridized carbons (Fsp3) is 0.467. The van der Waals surface area contributed by atoms with Crippen LogP contribution in [0, 0.1) is 0 Å².